The van der Waals surface area contributed by atoms with Crippen LogP contribution in [0.5, 0.6) is 0 Å². The summed E-state index contributed by atoms with van der Waals surface area (Å²) in [6.07, 6.45) is -0.681. The molecule has 1 amide bonds. The number of hydrogen-bond acceptors (Lipinski definition) is 5. The van der Waals surface area contributed by atoms with Crippen LogP contribution in [0, 0.1) is 0 Å². The summed E-state index contributed by atoms with van der Waals surface area (Å²) in [5.41, 5.74) is 6.08. The molecule has 6 nitrogen and oxygen atoms in total. The number of carbonyl (C=O) groups excluding carboxylic acids is 1. The second kappa shape index (κ2) is 6.06. The van der Waals surface area contributed by atoms with E-state index in [0.717, 1.165) is 29.7 Å². The van der Waals surface area contributed by atoms with Crippen LogP contribution in [-0.2, 0) is 30.4 Å². The number of aromatic nitrogens is 3. The molecule has 2 N–H and O–H groups in total. The Kier molecular flexibility index (Phi) is 4.08. The Balaban J connectivity index is 1.76. The van der Waals surface area contributed by atoms with Crippen molar-refractivity contribution in [3.05, 3.63) is 47.0 Å². The Hall–Kier alpha value is -2.71. The first-order chi connectivity index (χ1) is 11.3. The number of hydrogen-bond donors (Lipinski definition) is 1. The van der Waals surface area contributed by atoms with Crippen molar-refractivity contribution < 1.29 is 18.0 Å². The van der Waals surface area contributed by atoms with Crippen molar-refractivity contribution in [2.45, 2.75) is 25.6 Å². The number of rotatable bonds is 2. The van der Waals surface area contributed by atoms with Crippen molar-refractivity contribution in [2.24, 2.45) is 0 Å². The molecule has 126 valence electrons. The highest BCUT2D eigenvalue weighted by Gasteiger charge is 2.34. The number of amides is 1. The second-order valence-electron chi connectivity index (χ2n) is 5.47. The summed E-state index contributed by atoms with van der Waals surface area (Å²) in [4.78, 5) is 25.6. The van der Waals surface area contributed by atoms with Gasteiger partial charge < -0.3 is 10.6 Å². The van der Waals surface area contributed by atoms with Gasteiger partial charge in [-0.1, -0.05) is 0 Å². The predicted octanol–water partition coefficient (Wildman–Crippen LogP) is 1.60. The minimum Gasteiger partial charge on any atom is -0.368 e. The van der Waals surface area contributed by atoms with Gasteiger partial charge in [0.2, 0.25) is 11.9 Å². The van der Waals surface area contributed by atoms with E-state index in [9.17, 15) is 18.0 Å². The minimum atomic E-state index is -4.52. The van der Waals surface area contributed by atoms with Crippen molar-refractivity contribution in [2.75, 3.05) is 12.3 Å². The van der Waals surface area contributed by atoms with Gasteiger partial charge in [0.25, 0.3) is 0 Å². The fourth-order valence-electron chi connectivity index (χ4n) is 2.66. The lowest BCUT2D eigenvalue weighted by Gasteiger charge is -2.28. The average molecular weight is 337 g/mol. The number of carbonyl (C=O) groups is 1. The van der Waals surface area contributed by atoms with Crippen LogP contribution in [-0.4, -0.2) is 32.3 Å². The molecule has 0 spiro atoms. The first kappa shape index (κ1) is 16.2. The van der Waals surface area contributed by atoms with E-state index in [-0.39, 0.29) is 24.5 Å². The molecule has 2 aromatic heterocycles. The molecule has 3 heterocycles. The van der Waals surface area contributed by atoms with Gasteiger partial charge in [-0.05, 0) is 11.6 Å². The molecule has 9 heteroatoms. The number of nitrogens with two attached hydrogens (primary N) is 1. The van der Waals surface area contributed by atoms with Gasteiger partial charge >= 0.3 is 6.18 Å². The summed E-state index contributed by atoms with van der Waals surface area (Å²) in [5, 5.41) is 0. The lowest BCUT2D eigenvalue weighted by Crippen LogP contribution is -2.37. The molecule has 0 aromatic carbocycles. The number of pyridine rings is 1. The zero-order valence-corrected chi connectivity index (χ0v) is 12.5. The van der Waals surface area contributed by atoms with Crippen molar-refractivity contribution in [1.82, 2.24) is 19.9 Å². The highest BCUT2D eigenvalue weighted by atomic mass is 19.4. The maximum atomic E-state index is 13.0. The van der Waals surface area contributed by atoms with Crippen LogP contribution in [0.15, 0.2) is 24.7 Å². The Morgan fingerprint density at radius 3 is 2.88 bits per heavy atom. The Labute approximate surface area is 135 Å². The number of nitrogen functional groups attached to an aromatic ring is 1. The molecule has 0 radical (unpaired) electrons. The Morgan fingerprint density at radius 2 is 2.12 bits per heavy atom. The third-order valence-electron chi connectivity index (χ3n) is 3.86. The van der Waals surface area contributed by atoms with Crippen LogP contribution >= 0.6 is 0 Å². The number of alkyl halides is 3. The van der Waals surface area contributed by atoms with Gasteiger partial charge in [0, 0.05) is 43.7 Å². The van der Waals surface area contributed by atoms with Gasteiger partial charge in [0.05, 0.1) is 17.7 Å². The van der Waals surface area contributed by atoms with Crippen molar-refractivity contribution in [3.63, 3.8) is 0 Å². The van der Waals surface area contributed by atoms with Gasteiger partial charge in [-0.25, -0.2) is 9.97 Å². The molecule has 2 aromatic rings. The van der Waals surface area contributed by atoms with E-state index in [1.54, 1.807) is 6.20 Å². The number of nitrogens with zero attached hydrogens (tertiary/aromatic N) is 4. The van der Waals surface area contributed by atoms with E-state index in [1.165, 1.54) is 4.90 Å². The van der Waals surface area contributed by atoms with Crippen molar-refractivity contribution in [1.29, 1.82) is 0 Å². The number of halogens is 3. The quantitative estimate of drug-likeness (QED) is 0.900. The van der Waals surface area contributed by atoms with E-state index >= 15 is 0 Å². The summed E-state index contributed by atoms with van der Waals surface area (Å²) in [7, 11) is 0. The van der Waals surface area contributed by atoms with Gasteiger partial charge in [0.15, 0.2) is 0 Å². The summed E-state index contributed by atoms with van der Waals surface area (Å²) in [6.45, 7) is 0.639. The molecule has 0 aliphatic carbocycles. The average Bonchev–Trinajstić information content (AvgIpc) is 2.53. The largest absolute Gasteiger partial charge is 0.416 e. The van der Waals surface area contributed by atoms with E-state index in [2.05, 4.69) is 15.0 Å². The van der Waals surface area contributed by atoms with Crippen LogP contribution < -0.4 is 5.73 Å². The zero-order valence-electron chi connectivity index (χ0n) is 12.5. The Morgan fingerprint density at radius 1 is 1.33 bits per heavy atom. The normalized spacial score (nSPS) is 14.4. The zero-order chi connectivity index (χ0) is 17.3. The third-order valence-corrected chi connectivity index (χ3v) is 3.86. The van der Waals surface area contributed by atoms with Crippen molar-refractivity contribution >= 4 is 11.9 Å². The van der Waals surface area contributed by atoms with E-state index in [0.29, 0.717) is 13.0 Å². The van der Waals surface area contributed by atoms with Crippen LogP contribution in [0.4, 0.5) is 19.1 Å². The highest BCUT2D eigenvalue weighted by Crippen LogP contribution is 2.32. The smallest absolute Gasteiger partial charge is 0.368 e. The van der Waals surface area contributed by atoms with Crippen LogP contribution in [0.3, 0.4) is 0 Å². The predicted molar refractivity (Wildman–Crippen MR) is 78.5 cm³/mol. The lowest BCUT2D eigenvalue weighted by molar-refractivity contribution is -0.138. The molecule has 1 aliphatic heterocycles. The topological polar surface area (TPSA) is 85.0 Å². The molecule has 0 unspecified atom stereocenters. The first-order valence-electron chi connectivity index (χ1n) is 7.22. The summed E-state index contributed by atoms with van der Waals surface area (Å²) in [6, 6.07) is 0.880. The Bertz CT molecular complexity index is 778. The van der Waals surface area contributed by atoms with E-state index in [4.69, 9.17) is 5.73 Å². The summed E-state index contributed by atoms with van der Waals surface area (Å²) < 4.78 is 39.0. The van der Waals surface area contributed by atoms with Gasteiger partial charge in [-0.15, -0.1) is 0 Å². The molecule has 0 saturated carbocycles. The summed E-state index contributed by atoms with van der Waals surface area (Å²) in [5.74, 6) is -0.227. The lowest BCUT2D eigenvalue weighted by atomic mass is 10.0. The molecule has 3 rings (SSSR count). The monoisotopic (exact) mass is 337 g/mol. The maximum absolute atomic E-state index is 13.0. The number of anilines is 1. The van der Waals surface area contributed by atoms with Crippen LogP contribution in [0.25, 0.3) is 0 Å². The minimum absolute atomic E-state index is 0.130. The van der Waals surface area contributed by atoms with Gasteiger partial charge in [-0.3, -0.25) is 9.78 Å². The number of fused-ring (bicyclic) bond motifs is 1. The first-order valence-corrected chi connectivity index (χ1v) is 7.22. The fraction of sp³-hybridized carbons (Fsp3) is 0.333. The van der Waals surface area contributed by atoms with E-state index in [1.807, 2.05) is 0 Å². The maximum Gasteiger partial charge on any atom is 0.416 e. The van der Waals surface area contributed by atoms with Gasteiger partial charge in [0.1, 0.15) is 0 Å². The fourth-order valence-corrected chi connectivity index (χ4v) is 2.66. The van der Waals surface area contributed by atoms with E-state index < -0.39 is 17.6 Å². The standard InChI is InChI=1S/C15H14F3N5O/c16-15(17,18)11-1-3-20-6-9(11)5-13(24)23-4-2-12-10(8-23)7-21-14(19)22-12/h1,3,6-7H,2,4-5,8H2,(H2,19,21,22). The molecule has 1 aliphatic rings. The highest BCUT2D eigenvalue weighted by molar-refractivity contribution is 5.79. The SMILES string of the molecule is Nc1ncc2c(n1)CCN(C(=O)Cc1cnccc1C(F)(F)F)C2. The van der Waals surface area contributed by atoms with Crippen LogP contribution in [0.2, 0.25) is 0 Å². The molecule has 0 bridgehead atoms. The van der Waals surface area contributed by atoms with Crippen LogP contribution in [0.1, 0.15) is 22.4 Å². The molecule has 24 heavy (non-hydrogen) atoms. The van der Waals surface area contributed by atoms with Crippen molar-refractivity contribution in [3.8, 4) is 0 Å². The molecule has 0 saturated heterocycles. The molecular weight excluding hydrogens is 323 g/mol. The molecular formula is C15H14F3N5O. The summed E-state index contributed by atoms with van der Waals surface area (Å²) >= 11 is 0. The van der Waals surface area contributed by atoms with Gasteiger partial charge in [-0.2, -0.15) is 13.2 Å². The molecule has 0 fully saturated rings. The third kappa shape index (κ3) is 3.29. The molecule has 0 atom stereocenters. The second-order valence-corrected chi connectivity index (χ2v) is 5.47.